The predicted molar refractivity (Wildman–Crippen MR) is 84.0 cm³/mol. The number of nitrogens with one attached hydrogen (secondary N) is 1. The van der Waals surface area contributed by atoms with Crippen molar-refractivity contribution in [3.8, 4) is 0 Å². The first kappa shape index (κ1) is 18.5. The van der Waals surface area contributed by atoms with Crippen molar-refractivity contribution in [2.45, 2.75) is 31.2 Å². The first-order valence-corrected chi connectivity index (χ1v) is 8.12. The summed E-state index contributed by atoms with van der Waals surface area (Å²) in [6.45, 7) is 3.72. The van der Waals surface area contributed by atoms with Gasteiger partial charge in [-0.3, -0.25) is 4.79 Å². The molecule has 0 radical (unpaired) electrons. The number of para-hydroxylation sites is 1. The van der Waals surface area contributed by atoms with Crippen molar-refractivity contribution in [1.29, 1.82) is 0 Å². The second-order valence-corrected chi connectivity index (χ2v) is 6.35. The van der Waals surface area contributed by atoms with Crippen LogP contribution in [0.25, 0.3) is 0 Å². The van der Waals surface area contributed by atoms with Crippen LogP contribution in [0.3, 0.4) is 0 Å². The SMILES string of the molecule is CC(C)n1nnnc1SCC(=O)Nc1c(Cl)cccc1C(F)(F)F. The van der Waals surface area contributed by atoms with Gasteiger partial charge in [0.25, 0.3) is 0 Å². The van der Waals surface area contributed by atoms with E-state index < -0.39 is 23.3 Å². The molecule has 0 aliphatic rings. The minimum absolute atomic E-state index is 0.00837. The molecule has 0 fully saturated rings. The number of hydrogen-bond donors (Lipinski definition) is 1. The maximum Gasteiger partial charge on any atom is 0.418 e. The quantitative estimate of drug-likeness (QED) is 0.803. The number of anilines is 1. The molecular formula is C13H13ClF3N5OS. The molecule has 2 rings (SSSR count). The third-order valence-corrected chi connectivity index (χ3v) is 4.12. The van der Waals surface area contributed by atoms with Gasteiger partial charge in [0.1, 0.15) is 0 Å². The molecule has 0 saturated heterocycles. The third kappa shape index (κ3) is 4.38. The summed E-state index contributed by atoms with van der Waals surface area (Å²) in [5, 5.41) is 13.5. The molecule has 0 unspecified atom stereocenters. The van der Waals surface area contributed by atoms with Crippen molar-refractivity contribution in [1.82, 2.24) is 20.2 Å². The summed E-state index contributed by atoms with van der Waals surface area (Å²) in [5.74, 6) is -0.799. The molecule has 1 aromatic carbocycles. The van der Waals surface area contributed by atoms with Gasteiger partial charge in [-0.05, 0) is 36.4 Å². The lowest BCUT2D eigenvalue weighted by Crippen LogP contribution is -2.19. The fraction of sp³-hybridized carbons (Fsp3) is 0.385. The number of nitrogens with zero attached hydrogens (tertiary/aromatic N) is 4. The molecule has 0 bridgehead atoms. The standard InChI is InChI=1S/C13H13ClF3N5OS/c1-7(2)22-12(19-20-21-22)24-6-10(23)18-11-8(13(15,16)17)4-3-5-9(11)14/h3-5,7H,6H2,1-2H3,(H,18,23). The molecule has 11 heteroatoms. The Bertz CT molecular complexity index is 735. The highest BCUT2D eigenvalue weighted by Crippen LogP contribution is 2.38. The monoisotopic (exact) mass is 379 g/mol. The lowest BCUT2D eigenvalue weighted by atomic mass is 10.1. The highest BCUT2D eigenvalue weighted by Gasteiger charge is 2.34. The maximum absolute atomic E-state index is 13.0. The zero-order valence-electron chi connectivity index (χ0n) is 12.6. The van der Waals surface area contributed by atoms with Crippen LogP contribution in [0.5, 0.6) is 0 Å². The normalized spacial score (nSPS) is 11.8. The third-order valence-electron chi connectivity index (χ3n) is 2.87. The van der Waals surface area contributed by atoms with E-state index in [0.29, 0.717) is 5.16 Å². The molecule has 1 N–H and O–H groups in total. The molecule has 0 aliphatic heterocycles. The van der Waals surface area contributed by atoms with Crippen LogP contribution in [0, 0.1) is 0 Å². The van der Waals surface area contributed by atoms with Crippen LogP contribution in [0.15, 0.2) is 23.4 Å². The minimum Gasteiger partial charge on any atom is -0.324 e. The average molecular weight is 380 g/mol. The molecular weight excluding hydrogens is 367 g/mol. The summed E-state index contributed by atoms with van der Waals surface area (Å²) in [6, 6.07) is 3.30. The number of carbonyl (C=O) groups excluding carboxylic acids is 1. The first-order valence-electron chi connectivity index (χ1n) is 6.76. The molecule has 130 valence electrons. The Balaban J connectivity index is 2.09. The van der Waals surface area contributed by atoms with Crippen molar-refractivity contribution in [2.24, 2.45) is 0 Å². The number of aromatic nitrogens is 4. The number of amides is 1. The van der Waals surface area contributed by atoms with Gasteiger partial charge in [0.2, 0.25) is 11.1 Å². The number of tetrazole rings is 1. The van der Waals surface area contributed by atoms with Crippen molar-refractivity contribution in [2.75, 3.05) is 11.1 Å². The van der Waals surface area contributed by atoms with E-state index in [4.69, 9.17) is 11.6 Å². The molecule has 2 aromatic rings. The number of rotatable bonds is 5. The summed E-state index contributed by atoms with van der Waals surface area (Å²) < 4.78 is 40.5. The molecule has 0 spiro atoms. The van der Waals surface area contributed by atoms with E-state index in [9.17, 15) is 18.0 Å². The van der Waals surface area contributed by atoms with Gasteiger partial charge in [0.15, 0.2) is 0 Å². The van der Waals surface area contributed by atoms with Crippen molar-refractivity contribution in [3.05, 3.63) is 28.8 Å². The minimum atomic E-state index is -4.62. The van der Waals surface area contributed by atoms with Gasteiger partial charge in [0.05, 0.1) is 28.1 Å². The lowest BCUT2D eigenvalue weighted by molar-refractivity contribution is -0.137. The van der Waals surface area contributed by atoms with E-state index >= 15 is 0 Å². The number of halogens is 4. The largest absolute Gasteiger partial charge is 0.418 e. The fourth-order valence-corrected chi connectivity index (χ4v) is 2.83. The summed E-state index contributed by atoms with van der Waals surface area (Å²) in [5.41, 5.74) is -1.46. The van der Waals surface area contributed by atoms with Crippen molar-refractivity contribution < 1.29 is 18.0 Å². The Kier molecular flexibility index (Phi) is 5.70. The molecule has 1 heterocycles. The Morgan fingerprint density at radius 2 is 2.12 bits per heavy atom. The second kappa shape index (κ2) is 7.39. The molecule has 0 atom stereocenters. The molecule has 6 nitrogen and oxygen atoms in total. The van der Waals surface area contributed by atoms with E-state index in [0.717, 1.165) is 17.8 Å². The van der Waals surface area contributed by atoms with E-state index in [1.54, 1.807) is 0 Å². The predicted octanol–water partition coefficient (Wildman–Crippen LogP) is 3.66. The zero-order chi connectivity index (χ0) is 17.9. The Hall–Kier alpha value is -1.81. The van der Waals surface area contributed by atoms with Crippen LogP contribution in [-0.2, 0) is 11.0 Å². The van der Waals surface area contributed by atoms with Gasteiger partial charge in [-0.2, -0.15) is 13.2 Å². The van der Waals surface area contributed by atoms with Gasteiger partial charge < -0.3 is 5.32 Å². The summed E-state index contributed by atoms with van der Waals surface area (Å²) in [4.78, 5) is 12.0. The number of alkyl halides is 3. The first-order chi connectivity index (χ1) is 11.2. The molecule has 0 aliphatic carbocycles. The number of carbonyl (C=O) groups is 1. The van der Waals surface area contributed by atoms with Crippen LogP contribution in [0.4, 0.5) is 18.9 Å². The smallest absolute Gasteiger partial charge is 0.324 e. The van der Waals surface area contributed by atoms with Gasteiger partial charge in [-0.1, -0.05) is 29.4 Å². The van der Waals surface area contributed by atoms with Gasteiger partial charge in [-0.25, -0.2) is 4.68 Å². The van der Waals surface area contributed by atoms with E-state index in [1.807, 2.05) is 13.8 Å². The molecule has 24 heavy (non-hydrogen) atoms. The van der Waals surface area contributed by atoms with Crippen LogP contribution in [0.2, 0.25) is 5.02 Å². The van der Waals surface area contributed by atoms with Crippen LogP contribution >= 0.6 is 23.4 Å². The fourth-order valence-electron chi connectivity index (χ4n) is 1.80. The van der Waals surface area contributed by atoms with Gasteiger partial charge in [-0.15, -0.1) is 5.10 Å². The molecule has 0 saturated carbocycles. The van der Waals surface area contributed by atoms with Crippen LogP contribution < -0.4 is 5.32 Å². The topological polar surface area (TPSA) is 72.7 Å². The lowest BCUT2D eigenvalue weighted by Gasteiger charge is -2.15. The highest BCUT2D eigenvalue weighted by molar-refractivity contribution is 7.99. The maximum atomic E-state index is 13.0. The molecule has 1 amide bonds. The van der Waals surface area contributed by atoms with Crippen LogP contribution in [-0.4, -0.2) is 31.9 Å². The van der Waals surface area contributed by atoms with E-state index in [2.05, 4.69) is 20.8 Å². The number of benzene rings is 1. The van der Waals surface area contributed by atoms with Crippen LogP contribution in [0.1, 0.15) is 25.5 Å². The Morgan fingerprint density at radius 3 is 2.75 bits per heavy atom. The summed E-state index contributed by atoms with van der Waals surface area (Å²) in [6.07, 6.45) is -4.62. The highest BCUT2D eigenvalue weighted by atomic mass is 35.5. The Labute approximate surface area is 144 Å². The number of hydrogen-bond acceptors (Lipinski definition) is 5. The zero-order valence-corrected chi connectivity index (χ0v) is 14.2. The number of thioether (sulfide) groups is 1. The van der Waals surface area contributed by atoms with E-state index in [-0.39, 0.29) is 16.8 Å². The average Bonchev–Trinajstić information content (AvgIpc) is 2.94. The summed E-state index contributed by atoms with van der Waals surface area (Å²) in [7, 11) is 0. The molecule has 1 aromatic heterocycles. The van der Waals surface area contributed by atoms with Crippen molar-refractivity contribution >= 4 is 35.0 Å². The Morgan fingerprint density at radius 1 is 1.42 bits per heavy atom. The van der Waals surface area contributed by atoms with Gasteiger partial charge >= 0.3 is 6.18 Å². The van der Waals surface area contributed by atoms with Gasteiger partial charge in [0, 0.05) is 0 Å². The van der Waals surface area contributed by atoms with E-state index in [1.165, 1.54) is 16.8 Å². The second-order valence-electron chi connectivity index (χ2n) is 5.00. The summed E-state index contributed by atoms with van der Waals surface area (Å²) >= 11 is 6.81. The van der Waals surface area contributed by atoms with Crippen molar-refractivity contribution in [3.63, 3.8) is 0 Å².